The van der Waals surface area contributed by atoms with Gasteiger partial charge in [0, 0.05) is 12.6 Å². The van der Waals surface area contributed by atoms with Gasteiger partial charge in [-0.3, -0.25) is 0 Å². The molecule has 1 heterocycles. The summed E-state index contributed by atoms with van der Waals surface area (Å²) in [6.45, 7) is 3.83. The Hall–Kier alpha value is -1.38. The van der Waals surface area contributed by atoms with Crippen LogP contribution in [0.4, 0.5) is 11.4 Å². The van der Waals surface area contributed by atoms with Crippen LogP contribution in [0.5, 0.6) is 5.75 Å². The van der Waals surface area contributed by atoms with E-state index in [1.54, 1.807) is 0 Å². The molecule has 92 valence electrons. The molecule has 0 spiro atoms. The van der Waals surface area contributed by atoms with Crippen molar-refractivity contribution in [2.24, 2.45) is 5.92 Å². The Labute approximate surface area is 103 Å². The number of rotatable bonds is 3. The van der Waals surface area contributed by atoms with E-state index in [2.05, 4.69) is 11.0 Å². The highest BCUT2D eigenvalue weighted by Crippen LogP contribution is 2.43. The molecule has 1 aromatic carbocycles. The Morgan fingerprint density at radius 3 is 2.94 bits per heavy atom. The number of piperidine rings is 1. The summed E-state index contributed by atoms with van der Waals surface area (Å²) in [4.78, 5) is 2.48. The molecule has 2 unspecified atom stereocenters. The lowest BCUT2D eigenvalue weighted by atomic mass is 10.1. The van der Waals surface area contributed by atoms with Crippen molar-refractivity contribution in [3.63, 3.8) is 0 Å². The van der Waals surface area contributed by atoms with Crippen LogP contribution in [0.15, 0.2) is 18.2 Å². The first-order valence-electron chi connectivity index (χ1n) is 6.57. The number of ether oxygens (including phenoxy) is 1. The number of nitrogens with two attached hydrogens (primary N) is 1. The first kappa shape index (κ1) is 10.8. The molecule has 0 radical (unpaired) electrons. The molecule has 2 bridgehead atoms. The number of anilines is 2. The van der Waals surface area contributed by atoms with Gasteiger partial charge in [0.2, 0.25) is 0 Å². The van der Waals surface area contributed by atoms with Crippen molar-refractivity contribution in [3.05, 3.63) is 18.2 Å². The molecule has 1 saturated carbocycles. The van der Waals surface area contributed by atoms with Crippen molar-refractivity contribution < 1.29 is 4.74 Å². The van der Waals surface area contributed by atoms with E-state index in [0.717, 1.165) is 17.4 Å². The Kier molecular flexibility index (Phi) is 2.61. The van der Waals surface area contributed by atoms with Crippen molar-refractivity contribution in [1.82, 2.24) is 0 Å². The molecule has 1 aliphatic heterocycles. The monoisotopic (exact) mass is 232 g/mol. The summed E-state index contributed by atoms with van der Waals surface area (Å²) in [5.41, 5.74) is 8.19. The van der Waals surface area contributed by atoms with Crippen molar-refractivity contribution in [2.45, 2.75) is 32.2 Å². The molecule has 1 aliphatic carbocycles. The van der Waals surface area contributed by atoms with E-state index >= 15 is 0 Å². The van der Waals surface area contributed by atoms with Crippen LogP contribution in [0, 0.1) is 5.92 Å². The molecule has 2 fully saturated rings. The van der Waals surface area contributed by atoms with Crippen LogP contribution in [0.2, 0.25) is 0 Å². The minimum atomic E-state index is 0.666. The Bertz CT molecular complexity index is 419. The van der Waals surface area contributed by atoms with Gasteiger partial charge in [-0.15, -0.1) is 0 Å². The second-order valence-electron chi connectivity index (χ2n) is 5.11. The number of hydrogen-bond acceptors (Lipinski definition) is 3. The zero-order valence-corrected chi connectivity index (χ0v) is 10.4. The van der Waals surface area contributed by atoms with Gasteiger partial charge in [0.1, 0.15) is 5.75 Å². The standard InChI is InChI=1S/C14H20N2O/c1-2-17-13-5-3-4-12(14(13)15)16-9-10-6-7-11(16)8-10/h3-5,10-11H,2,6-9,15H2,1H3. The Morgan fingerprint density at radius 2 is 2.29 bits per heavy atom. The average molecular weight is 232 g/mol. The smallest absolute Gasteiger partial charge is 0.144 e. The number of para-hydroxylation sites is 1. The van der Waals surface area contributed by atoms with E-state index in [-0.39, 0.29) is 0 Å². The molecule has 0 amide bonds. The van der Waals surface area contributed by atoms with Crippen LogP contribution in [0.1, 0.15) is 26.2 Å². The summed E-state index contributed by atoms with van der Waals surface area (Å²) in [6.07, 6.45) is 4.06. The van der Waals surface area contributed by atoms with Crippen LogP contribution in [-0.4, -0.2) is 19.2 Å². The van der Waals surface area contributed by atoms with E-state index in [9.17, 15) is 0 Å². The van der Waals surface area contributed by atoms with E-state index in [4.69, 9.17) is 10.5 Å². The number of hydrogen-bond donors (Lipinski definition) is 1. The second-order valence-corrected chi connectivity index (χ2v) is 5.11. The summed E-state index contributed by atoms with van der Waals surface area (Å²) >= 11 is 0. The predicted molar refractivity (Wildman–Crippen MR) is 70.5 cm³/mol. The van der Waals surface area contributed by atoms with Gasteiger partial charge in [-0.25, -0.2) is 0 Å². The fourth-order valence-electron chi connectivity index (χ4n) is 3.28. The van der Waals surface area contributed by atoms with Gasteiger partial charge in [0.15, 0.2) is 0 Å². The molecule has 3 rings (SSSR count). The zero-order chi connectivity index (χ0) is 11.8. The molecule has 0 aromatic heterocycles. The maximum Gasteiger partial charge on any atom is 0.144 e. The summed E-state index contributed by atoms with van der Waals surface area (Å²) in [7, 11) is 0. The van der Waals surface area contributed by atoms with Crippen molar-refractivity contribution in [2.75, 3.05) is 23.8 Å². The van der Waals surface area contributed by atoms with Gasteiger partial charge in [0.05, 0.1) is 18.0 Å². The molecular formula is C14H20N2O. The van der Waals surface area contributed by atoms with Gasteiger partial charge in [0.25, 0.3) is 0 Å². The molecule has 3 nitrogen and oxygen atoms in total. The highest BCUT2D eigenvalue weighted by Gasteiger charge is 2.38. The van der Waals surface area contributed by atoms with Gasteiger partial charge in [-0.1, -0.05) is 6.07 Å². The summed E-state index contributed by atoms with van der Waals surface area (Å²) in [5.74, 6) is 1.71. The summed E-state index contributed by atoms with van der Waals surface area (Å²) in [6, 6.07) is 6.83. The van der Waals surface area contributed by atoms with Crippen LogP contribution in [0.25, 0.3) is 0 Å². The molecule has 1 saturated heterocycles. The average Bonchev–Trinajstić information content (AvgIpc) is 2.94. The Balaban J connectivity index is 1.90. The zero-order valence-electron chi connectivity index (χ0n) is 10.4. The van der Waals surface area contributed by atoms with Gasteiger partial charge in [-0.05, 0) is 44.2 Å². The summed E-state index contributed by atoms with van der Waals surface area (Å²) < 4.78 is 5.57. The molecule has 2 aliphatic rings. The van der Waals surface area contributed by atoms with Crippen molar-refractivity contribution >= 4 is 11.4 Å². The van der Waals surface area contributed by atoms with Gasteiger partial charge >= 0.3 is 0 Å². The molecule has 1 aromatic rings. The van der Waals surface area contributed by atoms with Gasteiger partial charge in [-0.2, -0.15) is 0 Å². The van der Waals surface area contributed by atoms with Crippen molar-refractivity contribution in [1.29, 1.82) is 0 Å². The quantitative estimate of drug-likeness (QED) is 0.814. The molecular weight excluding hydrogens is 212 g/mol. The fraction of sp³-hybridized carbons (Fsp3) is 0.571. The lowest BCUT2D eigenvalue weighted by Crippen LogP contribution is -2.32. The highest BCUT2D eigenvalue weighted by atomic mass is 16.5. The lowest BCUT2D eigenvalue weighted by Gasteiger charge is -2.30. The SMILES string of the molecule is CCOc1cccc(N2CC3CCC2C3)c1N. The number of nitrogens with zero attached hydrogens (tertiary/aromatic N) is 1. The van der Waals surface area contributed by atoms with Crippen LogP contribution >= 0.6 is 0 Å². The first-order chi connectivity index (χ1) is 8.29. The summed E-state index contributed by atoms with van der Waals surface area (Å²) in [5, 5.41) is 0. The number of benzene rings is 1. The topological polar surface area (TPSA) is 38.5 Å². The predicted octanol–water partition coefficient (Wildman–Crippen LogP) is 2.66. The molecule has 3 heteroatoms. The maximum absolute atomic E-state index is 6.21. The molecule has 2 N–H and O–H groups in total. The minimum Gasteiger partial charge on any atom is -0.492 e. The van der Waals surface area contributed by atoms with E-state index in [1.165, 1.54) is 31.5 Å². The normalized spacial score (nSPS) is 26.5. The molecule has 2 atom stereocenters. The van der Waals surface area contributed by atoms with Crippen LogP contribution in [0.3, 0.4) is 0 Å². The maximum atomic E-state index is 6.21. The van der Waals surface area contributed by atoms with Crippen LogP contribution < -0.4 is 15.4 Å². The fourth-order valence-corrected chi connectivity index (χ4v) is 3.28. The molecule has 17 heavy (non-hydrogen) atoms. The number of fused-ring (bicyclic) bond motifs is 2. The number of nitrogen functional groups attached to an aromatic ring is 1. The van der Waals surface area contributed by atoms with Gasteiger partial charge < -0.3 is 15.4 Å². The highest BCUT2D eigenvalue weighted by molar-refractivity contribution is 5.75. The first-order valence-corrected chi connectivity index (χ1v) is 6.57. The van der Waals surface area contributed by atoms with E-state index < -0.39 is 0 Å². The van der Waals surface area contributed by atoms with E-state index in [1.807, 2.05) is 19.1 Å². The Morgan fingerprint density at radius 1 is 1.41 bits per heavy atom. The third-order valence-electron chi connectivity index (χ3n) is 4.06. The minimum absolute atomic E-state index is 0.666. The van der Waals surface area contributed by atoms with Crippen molar-refractivity contribution in [3.8, 4) is 5.75 Å². The third-order valence-corrected chi connectivity index (χ3v) is 4.06. The second kappa shape index (κ2) is 4.13. The van der Waals surface area contributed by atoms with E-state index in [0.29, 0.717) is 12.6 Å². The van der Waals surface area contributed by atoms with Crippen LogP contribution in [-0.2, 0) is 0 Å². The third kappa shape index (κ3) is 1.74. The lowest BCUT2D eigenvalue weighted by molar-refractivity contribution is 0.342. The largest absolute Gasteiger partial charge is 0.492 e.